The van der Waals surface area contributed by atoms with Gasteiger partial charge in [0.2, 0.25) is 0 Å². The molecule has 0 saturated carbocycles. The summed E-state index contributed by atoms with van der Waals surface area (Å²) < 4.78 is 10.8. The Morgan fingerprint density at radius 3 is 2.52 bits per heavy atom. The number of hydrogen-bond acceptors (Lipinski definition) is 4. The minimum Gasteiger partial charge on any atom is -0.493 e. The zero-order chi connectivity index (χ0) is 20.8. The van der Waals surface area contributed by atoms with Crippen molar-refractivity contribution in [3.05, 3.63) is 23.8 Å². The Kier molecular flexibility index (Phi) is 8.01. The number of methoxy groups -OCH3 is 2. The summed E-state index contributed by atoms with van der Waals surface area (Å²) >= 11 is 5.58. The van der Waals surface area contributed by atoms with Crippen LogP contribution >= 0.6 is 12.2 Å². The van der Waals surface area contributed by atoms with Crippen LogP contribution in [0.4, 0.5) is 0 Å². The molecule has 2 saturated heterocycles. The van der Waals surface area contributed by atoms with Gasteiger partial charge in [-0.25, -0.2) is 0 Å². The first-order chi connectivity index (χ1) is 14.0. The van der Waals surface area contributed by atoms with E-state index in [2.05, 4.69) is 41.1 Å². The van der Waals surface area contributed by atoms with Gasteiger partial charge >= 0.3 is 0 Å². The average Bonchev–Trinajstić information content (AvgIpc) is 3.06. The Hall–Kier alpha value is -1.53. The lowest BCUT2D eigenvalue weighted by molar-refractivity contribution is 0.158. The fourth-order valence-electron chi connectivity index (χ4n) is 4.56. The topological polar surface area (TPSA) is 37.0 Å². The van der Waals surface area contributed by atoms with Gasteiger partial charge in [0.25, 0.3) is 0 Å². The molecule has 29 heavy (non-hydrogen) atoms. The summed E-state index contributed by atoms with van der Waals surface area (Å²) in [5, 5.41) is 4.37. The lowest BCUT2D eigenvalue weighted by atomic mass is 9.94. The number of rotatable bonds is 9. The van der Waals surface area contributed by atoms with Crippen molar-refractivity contribution >= 4 is 17.3 Å². The summed E-state index contributed by atoms with van der Waals surface area (Å²) in [6, 6.07) is 6.82. The number of benzene rings is 1. The van der Waals surface area contributed by atoms with E-state index in [1.54, 1.807) is 14.2 Å². The standard InChI is InChI=1S/C23H37N3O2S/c1-17(2)13-20-15-24-23(29)26(20)16-19-8-11-25(12-9-19)10-7-18-5-6-21(27-3)22(14-18)28-4/h5-6,14,17,19-20H,7-13,15-16H2,1-4H3,(H,24,29)/t20-/m0/s1. The molecule has 0 spiro atoms. The predicted octanol–water partition coefficient (Wildman–Crippen LogP) is 3.56. The Labute approximate surface area is 181 Å². The zero-order valence-corrected chi connectivity index (χ0v) is 19.3. The highest BCUT2D eigenvalue weighted by Crippen LogP contribution is 2.28. The van der Waals surface area contributed by atoms with Gasteiger partial charge in [-0.3, -0.25) is 0 Å². The van der Waals surface area contributed by atoms with Crippen molar-refractivity contribution in [2.24, 2.45) is 11.8 Å². The van der Waals surface area contributed by atoms with Gasteiger partial charge in [-0.2, -0.15) is 0 Å². The molecular weight excluding hydrogens is 382 g/mol. The first-order valence-electron chi connectivity index (χ1n) is 11.0. The van der Waals surface area contributed by atoms with Crippen LogP contribution in [0.15, 0.2) is 18.2 Å². The quantitative estimate of drug-likeness (QED) is 0.617. The summed E-state index contributed by atoms with van der Waals surface area (Å²) in [4.78, 5) is 5.07. The molecule has 5 nitrogen and oxygen atoms in total. The maximum atomic E-state index is 5.58. The summed E-state index contributed by atoms with van der Waals surface area (Å²) in [6.45, 7) is 10.2. The highest BCUT2D eigenvalue weighted by atomic mass is 32.1. The lowest BCUT2D eigenvalue weighted by Gasteiger charge is -2.36. The molecule has 0 amide bonds. The molecule has 1 aromatic carbocycles. The van der Waals surface area contributed by atoms with Gasteiger partial charge in [0, 0.05) is 25.7 Å². The smallest absolute Gasteiger partial charge is 0.169 e. The van der Waals surface area contributed by atoms with Crippen molar-refractivity contribution in [3.8, 4) is 11.5 Å². The second-order valence-corrected chi connectivity index (χ2v) is 9.23. The Morgan fingerprint density at radius 1 is 1.14 bits per heavy atom. The minimum atomic E-state index is 0.575. The Bertz CT molecular complexity index is 674. The van der Waals surface area contributed by atoms with Crippen molar-refractivity contribution in [3.63, 3.8) is 0 Å². The van der Waals surface area contributed by atoms with E-state index in [1.165, 1.54) is 37.9 Å². The fraction of sp³-hybridized carbons (Fsp3) is 0.696. The highest BCUT2D eigenvalue weighted by Gasteiger charge is 2.31. The largest absolute Gasteiger partial charge is 0.493 e. The van der Waals surface area contributed by atoms with Gasteiger partial charge in [0.1, 0.15) is 0 Å². The van der Waals surface area contributed by atoms with Crippen LogP contribution in [0.1, 0.15) is 38.7 Å². The molecule has 0 aliphatic carbocycles. The van der Waals surface area contributed by atoms with E-state index in [-0.39, 0.29) is 0 Å². The molecule has 1 atom stereocenters. The molecule has 0 bridgehead atoms. The van der Waals surface area contributed by atoms with Crippen molar-refractivity contribution in [1.29, 1.82) is 0 Å². The van der Waals surface area contributed by atoms with E-state index in [0.717, 1.165) is 48.6 Å². The molecule has 2 fully saturated rings. The summed E-state index contributed by atoms with van der Waals surface area (Å²) in [5.41, 5.74) is 1.30. The zero-order valence-electron chi connectivity index (χ0n) is 18.4. The summed E-state index contributed by atoms with van der Waals surface area (Å²) in [7, 11) is 3.37. The molecule has 0 aromatic heterocycles. The van der Waals surface area contributed by atoms with E-state index >= 15 is 0 Å². The second-order valence-electron chi connectivity index (χ2n) is 8.85. The van der Waals surface area contributed by atoms with Gasteiger partial charge in [0.05, 0.1) is 14.2 Å². The van der Waals surface area contributed by atoms with Crippen molar-refractivity contribution in [2.45, 2.75) is 45.6 Å². The van der Waals surface area contributed by atoms with E-state index in [4.69, 9.17) is 21.7 Å². The molecule has 6 heteroatoms. The maximum Gasteiger partial charge on any atom is 0.169 e. The maximum absolute atomic E-state index is 5.58. The number of hydrogen-bond donors (Lipinski definition) is 1. The first kappa shape index (κ1) is 22.2. The van der Waals surface area contributed by atoms with Crippen LogP contribution in [0, 0.1) is 11.8 Å². The van der Waals surface area contributed by atoms with Gasteiger partial charge in [0.15, 0.2) is 16.6 Å². The predicted molar refractivity (Wildman–Crippen MR) is 123 cm³/mol. The number of likely N-dealkylation sites (tertiary alicyclic amines) is 1. The van der Waals surface area contributed by atoms with Gasteiger partial charge in [-0.1, -0.05) is 19.9 Å². The summed E-state index contributed by atoms with van der Waals surface area (Å²) in [5.74, 6) is 3.07. The van der Waals surface area contributed by atoms with Crippen LogP contribution < -0.4 is 14.8 Å². The monoisotopic (exact) mass is 419 g/mol. The van der Waals surface area contributed by atoms with Crippen molar-refractivity contribution in [1.82, 2.24) is 15.1 Å². The number of piperidine rings is 1. The highest BCUT2D eigenvalue weighted by molar-refractivity contribution is 7.80. The van der Waals surface area contributed by atoms with E-state index in [9.17, 15) is 0 Å². The van der Waals surface area contributed by atoms with Crippen LogP contribution in [0.2, 0.25) is 0 Å². The molecular formula is C23H37N3O2S. The number of nitrogens with one attached hydrogen (secondary N) is 1. The van der Waals surface area contributed by atoms with E-state index in [0.29, 0.717) is 12.0 Å². The number of ether oxygens (including phenoxy) is 2. The second kappa shape index (κ2) is 10.5. The third-order valence-corrected chi connectivity index (χ3v) is 6.64. The van der Waals surface area contributed by atoms with Crippen LogP contribution in [0.3, 0.4) is 0 Å². The van der Waals surface area contributed by atoms with Crippen LogP contribution in [0.5, 0.6) is 11.5 Å². The molecule has 2 aliphatic heterocycles. The fourth-order valence-corrected chi connectivity index (χ4v) is 4.87. The molecule has 3 rings (SSSR count). The third-order valence-electron chi connectivity index (χ3n) is 6.26. The molecule has 1 N–H and O–H groups in total. The van der Waals surface area contributed by atoms with Crippen LogP contribution in [0.25, 0.3) is 0 Å². The van der Waals surface area contributed by atoms with Crippen molar-refractivity contribution in [2.75, 3.05) is 46.9 Å². The van der Waals surface area contributed by atoms with E-state index in [1.807, 2.05) is 6.07 Å². The SMILES string of the molecule is COc1ccc(CCN2CCC(CN3C(=S)NC[C@@H]3CC(C)C)CC2)cc1OC. The van der Waals surface area contributed by atoms with Gasteiger partial charge < -0.3 is 24.6 Å². The molecule has 162 valence electrons. The number of nitrogens with zero attached hydrogens (tertiary/aromatic N) is 2. The molecule has 0 unspecified atom stereocenters. The van der Waals surface area contributed by atoms with Gasteiger partial charge in [-0.15, -0.1) is 0 Å². The molecule has 1 aromatic rings. The summed E-state index contributed by atoms with van der Waals surface area (Å²) in [6.07, 6.45) is 4.79. The van der Waals surface area contributed by atoms with Crippen LogP contribution in [-0.2, 0) is 6.42 Å². The Balaban J connectivity index is 1.44. The molecule has 2 aliphatic rings. The number of thiocarbonyl (C=S) groups is 1. The Morgan fingerprint density at radius 2 is 1.86 bits per heavy atom. The third kappa shape index (κ3) is 5.98. The minimum absolute atomic E-state index is 0.575. The van der Waals surface area contributed by atoms with Gasteiger partial charge in [-0.05, 0) is 80.5 Å². The van der Waals surface area contributed by atoms with Crippen LogP contribution in [-0.4, -0.2) is 67.9 Å². The average molecular weight is 420 g/mol. The van der Waals surface area contributed by atoms with E-state index < -0.39 is 0 Å². The molecule has 0 radical (unpaired) electrons. The lowest BCUT2D eigenvalue weighted by Crippen LogP contribution is -2.43. The normalized spacial score (nSPS) is 20.9. The van der Waals surface area contributed by atoms with Crippen molar-refractivity contribution < 1.29 is 9.47 Å². The molecule has 2 heterocycles. The first-order valence-corrected chi connectivity index (χ1v) is 11.4.